The van der Waals surface area contributed by atoms with Crippen molar-refractivity contribution in [2.75, 3.05) is 5.73 Å². The van der Waals surface area contributed by atoms with E-state index in [9.17, 15) is 0 Å². The molecule has 1 aromatic rings. The number of hydrogen-bond donors (Lipinski definition) is 1. The normalized spacial score (nSPS) is 18.9. The molecule has 0 fully saturated rings. The molecule has 0 saturated heterocycles. The lowest BCUT2D eigenvalue weighted by Crippen LogP contribution is -2.04. The van der Waals surface area contributed by atoms with Crippen LogP contribution in [0.1, 0.15) is 23.5 Å². The first-order valence-electron chi connectivity index (χ1n) is 5.80. The van der Waals surface area contributed by atoms with Gasteiger partial charge in [0.15, 0.2) is 0 Å². The van der Waals surface area contributed by atoms with E-state index in [0.717, 1.165) is 33.3 Å². The van der Waals surface area contributed by atoms with E-state index in [0.29, 0.717) is 0 Å². The number of nitrogens with zero attached hydrogens (tertiary/aromatic N) is 1. The summed E-state index contributed by atoms with van der Waals surface area (Å²) in [6.07, 6.45) is 6.69. The number of halogens is 2. The number of nitrogen functional groups attached to an aromatic ring is 1. The molecule has 19 heavy (non-hydrogen) atoms. The minimum Gasteiger partial charge on any atom is -0.398 e. The fourth-order valence-electron chi connectivity index (χ4n) is 2.11. The lowest BCUT2D eigenvalue weighted by molar-refractivity contribution is 0.851. The Morgan fingerprint density at radius 2 is 2.32 bits per heavy atom. The van der Waals surface area contributed by atoms with E-state index in [1.54, 1.807) is 0 Å². The first kappa shape index (κ1) is 14.4. The number of nitriles is 1. The molecular formula is C15H12BrIN2. The Morgan fingerprint density at radius 3 is 2.89 bits per heavy atom. The Morgan fingerprint density at radius 1 is 1.53 bits per heavy atom. The van der Waals surface area contributed by atoms with Crippen LogP contribution in [0.2, 0.25) is 0 Å². The van der Waals surface area contributed by atoms with Crippen molar-refractivity contribution in [2.45, 2.75) is 12.3 Å². The van der Waals surface area contributed by atoms with E-state index in [-0.39, 0.29) is 5.92 Å². The minimum atomic E-state index is 0.242. The van der Waals surface area contributed by atoms with Gasteiger partial charge in [0.25, 0.3) is 0 Å². The molecule has 0 aliphatic heterocycles. The zero-order valence-electron chi connectivity index (χ0n) is 10.1. The monoisotopic (exact) mass is 426 g/mol. The largest absolute Gasteiger partial charge is 0.398 e. The van der Waals surface area contributed by atoms with Crippen LogP contribution in [0.5, 0.6) is 0 Å². The highest BCUT2D eigenvalue weighted by molar-refractivity contribution is 14.1. The average molecular weight is 427 g/mol. The highest BCUT2D eigenvalue weighted by Gasteiger charge is 2.16. The SMILES string of the molecule is N#CC1=CCC(c2cccc(/C(Br)=C/I)c2N)C=C1. The first-order chi connectivity index (χ1) is 9.17. The van der Waals surface area contributed by atoms with Gasteiger partial charge in [-0.3, -0.25) is 0 Å². The summed E-state index contributed by atoms with van der Waals surface area (Å²) in [5, 5.41) is 8.84. The number of rotatable bonds is 2. The summed E-state index contributed by atoms with van der Waals surface area (Å²) in [5.41, 5.74) is 9.90. The third-order valence-electron chi connectivity index (χ3n) is 3.12. The van der Waals surface area contributed by atoms with Gasteiger partial charge in [-0.1, -0.05) is 52.9 Å². The summed E-state index contributed by atoms with van der Waals surface area (Å²) >= 11 is 5.70. The number of para-hydroxylation sites is 1. The maximum atomic E-state index is 8.84. The van der Waals surface area contributed by atoms with Crippen LogP contribution in [0.15, 0.2) is 46.1 Å². The third-order valence-corrected chi connectivity index (χ3v) is 5.26. The van der Waals surface area contributed by atoms with E-state index >= 15 is 0 Å². The predicted octanol–water partition coefficient (Wildman–Crippen LogP) is 4.89. The summed E-state index contributed by atoms with van der Waals surface area (Å²) in [6.45, 7) is 0. The molecule has 2 N–H and O–H groups in total. The van der Waals surface area contributed by atoms with Gasteiger partial charge in [-0.25, -0.2) is 0 Å². The topological polar surface area (TPSA) is 49.8 Å². The van der Waals surface area contributed by atoms with Crippen molar-refractivity contribution in [3.63, 3.8) is 0 Å². The van der Waals surface area contributed by atoms with Crippen LogP contribution in [0.25, 0.3) is 4.48 Å². The van der Waals surface area contributed by atoms with Crippen LogP contribution in [-0.4, -0.2) is 0 Å². The van der Waals surface area contributed by atoms with E-state index in [4.69, 9.17) is 11.0 Å². The van der Waals surface area contributed by atoms with Crippen LogP contribution in [0, 0.1) is 11.3 Å². The molecule has 0 spiro atoms. The maximum absolute atomic E-state index is 8.84. The standard InChI is InChI=1S/C15H12BrIN2/c16-14(8-17)13-3-1-2-12(15(13)19)11-6-4-10(9-18)5-7-11/h1-6,8,11H,7,19H2/b14-8-. The van der Waals surface area contributed by atoms with Crippen molar-refractivity contribution in [3.05, 3.63) is 57.2 Å². The number of anilines is 1. The van der Waals surface area contributed by atoms with Gasteiger partial charge >= 0.3 is 0 Å². The van der Waals surface area contributed by atoms with Crippen molar-refractivity contribution in [2.24, 2.45) is 0 Å². The summed E-state index contributed by atoms with van der Waals surface area (Å²) in [5.74, 6) is 0.242. The third kappa shape index (κ3) is 3.10. The number of nitrogens with two attached hydrogens (primary N) is 1. The second-order valence-electron chi connectivity index (χ2n) is 4.24. The Labute approximate surface area is 135 Å². The van der Waals surface area contributed by atoms with Crippen molar-refractivity contribution in [3.8, 4) is 6.07 Å². The summed E-state index contributed by atoms with van der Waals surface area (Å²) in [4.78, 5) is 0. The van der Waals surface area contributed by atoms with E-state index in [2.05, 4.69) is 50.7 Å². The molecule has 96 valence electrons. The van der Waals surface area contributed by atoms with Gasteiger partial charge in [-0.15, -0.1) is 0 Å². The fraction of sp³-hybridized carbons (Fsp3) is 0.133. The Hall–Kier alpha value is -1.06. The quantitative estimate of drug-likeness (QED) is 0.540. The predicted molar refractivity (Wildman–Crippen MR) is 92.0 cm³/mol. The van der Waals surface area contributed by atoms with Gasteiger partial charge in [-0.05, 0) is 38.1 Å². The molecule has 4 heteroatoms. The van der Waals surface area contributed by atoms with Crippen LogP contribution < -0.4 is 5.73 Å². The molecule has 0 bridgehead atoms. The molecule has 1 unspecified atom stereocenters. The van der Waals surface area contributed by atoms with Gasteiger partial charge in [0.1, 0.15) is 0 Å². The molecule has 1 aromatic carbocycles. The summed E-state index contributed by atoms with van der Waals surface area (Å²) in [6, 6.07) is 8.22. The van der Waals surface area contributed by atoms with Crippen LogP contribution in [0.4, 0.5) is 5.69 Å². The number of benzene rings is 1. The van der Waals surface area contributed by atoms with Crippen LogP contribution >= 0.6 is 38.5 Å². The summed E-state index contributed by atoms with van der Waals surface area (Å²) in [7, 11) is 0. The van der Waals surface area contributed by atoms with Gasteiger partial charge in [0, 0.05) is 27.2 Å². The molecule has 0 amide bonds. The number of hydrogen-bond acceptors (Lipinski definition) is 2. The van der Waals surface area contributed by atoms with Gasteiger partial charge in [-0.2, -0.15) is 5.26 Å². The average Bonchev–Trinajstić information content (AvgIpc) is 2.47. The van der Waals surface area contributed by atoms with Crippen LogP contribution in [0.3, 0.4) is 0 Å². The van der Waals surface area contributed by atoms with Crippen LogP contribution in [-0.2, 0) is 0 Å². The van der Waals surface area contributed by atoms with Crippen molar-refractivity contribution >= 4 is 48.7 Å². The molecule has 1 atom stereocenters. The van der Waals surface area contributed by atoms with Crippen molar-refractivity contribution in [1.82, 2.24) is 0 Å². The summed E-state index contributed by atoms with van der Waals surface area (Å²) < 4.78 is 2.94. The van der Waals surface area contributed by atoms with Gasteiger partial charge < -0.3 is 5.73 Å². The lowest BCUT2D eigenvalue weighted by atomic mass is 9.88. The van der Waals surface area contributed by atoms with E-state index in [1.165, 1.54) is 0 Å². The van der Waals surface area contributed by atoms with Gasteiger partial charge in [0.2, 0.25) is 0 Å². The number of allylic oxidation sites excluding steroid dienone is 4. The van der Waals surface area contributed by atoms with Gasteiger partial charge in [0.05, 0.1) is 6.07 Å². The Balaban J connectivity index is 2.36. The second-order valence-corrected chi connectivity index (χ2v) is 5.72. The zero-order valence-corrected chi connectivity index (χ0v) is 13.8. The molecule has 0 aromatic heterocycles. The fourth-order valence-corrected chi connectivity index (χ4v) is 2.79. The molecule has 0 radical (unpaired) electrons. The zero-order chi connectivity index (χ0) is 13.8. The van der Waals surface area contributed by atoms with Crippen molar-refractivity contribution < 1.29 is 0 Å². The second kappa shape index (κ2) is 6.40. The molecule has 2 rings (SSSR count). The highest BCUT2D eigenvalue weighted by Crippen LogP contribution is 2.36. The Kier molecular flexibility index (Phi) is 4.83. The molecular weight excluding hydrogens is 415 g/mol. The molecule has 0 saturated carbocycles. The Bertz CT molecular complexity index is 624. The van der Waals surface area contributed by atoms with E-state index < -0.39 is 0 Å². The molecule has 0 heterocycles. The molecule has 2 nitrogen and oxygen atoms in total. The minimum absolute atomic E-state index is 0.242. The smallest absolute Gasteiger partial charge is 0.0988 e. The lowest BCUT2D eigenvalue weighted by Gasteiger charge is -2.18. The maximum Gasteiger partial charge on any atom is 0.0988 e. The first-order valence-corrected chi connectivity index (χ1v) is 7.84. The molecule has 1 aliphatic rings. The van der Waals surface area contributed by atoms with E-state index in [1.807, 2.05) is 34.4 Å². The molecule has 1 aliphatic carbocycles. The highest BCUT2D eigenvalue weighted by atomic mass is 127. The van der Waals surface area contributed by atoms with Crippen molar-refractivity contribution in [1.29, 1.82) is 5.26 Å².